The van der Waals surface area contributed by atoms with Crippen molar-refractivity contribution in [3.63, 3.8) is 0 Å². The highest BCUT2D eigenvalue weighted by molar-refractivity contribution is 7.92. The van der Waals surface area contributed by atoms with Gasteiger partial charge >= 0.3 is 15.2 Å². The molecule has 0 aliphatic heterocycles. The zero-order valence-corrected chi connectivity index (χ0v) is 20.9. The van der Waals surface area contributed by atoms with Gasteiger partial charge in [-0.25, -0.2) is 18.4 Å². The number of anilines is 2. The molecule has 0 radical (unpaired) electrons. The number of benzene rings is 2. The Bertz CT molecular complexity index is 1550. The molecule has 0 bridgehead atoms. The normalized spacial score (nSPS) is 12.7. The molecule has 2 heterocycles. The zero-order chi connectivity index (χ0) is 25.4. The van der Waals surface area contributed by atoms with Gasteiger partial charge in [-0.1, -0.05) is 18.2 Å². The second-order valence-corrected chi connectivity index (χ2v) is 13.6. The fourth-order valence-electron chi connectivity index (χ4n) is 3.08. The first-order chi connectivity index (χ1) is 16.3. The zero-order valence-electron chi connectivity index (χ0n) is 17.5. The van der Waals surface area contributed by atoms with Crippen LogP contribution in [0.2, 0.25) is 0 Å². The lowest BCUT2D eigenvalue weighted by Crippen LogP contribution is -2.21. The van der Waals surface area contributed by atoms with Gasteiger partial charge in [0.1, 0.15) is 10.6 Å². The molecule has 0 aliphatic carbocycles. The molecule has 0 saturated heterocycles. The number of hydrogen-bond acceptors (Lipinski definition) is 8. The molecule has 2 aromatic heterocycles. The van der Waals surface area contributed by atoms with Crippen LogP contribution in [0.25, 0.3) is 21.6 Å². The van der Waals surface area contributed by atoms with E-state index in [1.807, 2.05) is 0 Å². The molecule has 6 N–H and O–H groups in total. The minimum atomic E-state index is -5.26. The first-order valence-electron chi connectivity index (χ1n) is 9.65. The molecule has 0 atom stereocenters. The Kier molecular flexibility index (Phi) is 6.84. The summed E-state index contributed by atoms with van der Waals surface area (Å²) in [5.41, 5.74) is -1.79. The van der Waals surface area contributed by atoms with Crippen molar-refractivity contribution in [1.29, 1.82) is 0 Å². The van der Waals surface area contributed by atoms with Gasteiger partial charge in [0.2, 0.25) is 5.52 Å². The minimum Gasteiger partial charge on any atom is -0.346 e. The Balaban J connectivity index is 1.67. The van der Waals surface area contributed by atoms with Crippen LogP contribution in [0.1, 0.15) is 0 Å². The van der Waals surface area contributed by atoms with Gasteiger partial charge in [0.15, 0.2) is 5.82 Å². The summed E-state index contributed by atoms with van der Waals surface area (Å²) in [4.78, 5) is 46.9. The Morgan fingerprint density at radius 2 is 1.49 bits per heavy atom. The fourth-order valence-corrected chi connectivity index (χ4v) is 7.07. The molecule has 0 spiro atoms. The summed E-state index contributed by atoms with van der Waals surface area (Å²) >= 11 is 1.19. The number of aromatic nitrogens is 2. The summed E-state index contributed by atoms with van der Waals surface area (Å²) in [6.45, 7) is 0. The van der Waals surface area contributed by atoms with Crippen molar-refractivity contribution >= 4 is 58.3 Å². The minimum absolute atomic E-state index is 0.0927. The molecular weight excluding hydrogens is 538 g/mol. The second-order valence-electron chi connectivity index (χ2n) is 7.23. The number of rotatable bonds is 8. The predicted octanol–water partition coefficient (Wildman–Crippen LogP) is 3.21. The van der Waals surface area contributed by atoms with Gasteiger partial charge in [-0.2, -0.15) is 0 Å². The Hall–Kier alpha value is -2.67. The van der Waals surface area contributed by atoms with E-state index in [0.717, 1.165) is 0 Å². The molecule has 12 nitrogen and oxygen atoms in total. The third kappa shape index (κ3) is 5.77. The molecular formula is C19H18N4O8P2S2. The van der Waals surface area contributed by atoms with Gasteiger partial charge in [-0.15, -0.1) is 11.3 Å². The second kappa shape index (κ2) is 9.41. The van der Waals surface area contributed by atoms with E-state index in [-0.39, 0.29) is 22.2 Å². The monoisotopic (exact) mass is 556 g/mol. The van der Waals surface area contributed by atoms with Gasteiger partial charge in [0, 0.05) is 11.3 Å². The van der Waals surface area contributed by atoms with E-state index < -0.39 is 30.7 Å². The van der Waals surface area contributed by atoms with Gasteiger partial charge in [-0.3, -0.25) is 13.9 Å². The molecule has 0 saturated carbocycles. The van der Waals surface area contributed by atoms with E-state index in [2.05, 4.69) is 20.0 Å². The quantitative estimate of drug-likeness (QED) is 0.174. The molecule has 184 valence electrons. The number of nitrogens with one attached hydrogen (secondary N) is 2. The van der Waals surface area contributed by atoms with Gasteiger partial charge in [0.25, 0.3) is 10.0 Å². The van der Waals surface area contributed by atoms with Crippen LogP contribution < -0.4 is 10.0 Å². The van der Waals surface area contributed by atoms with E-state index in [9.17, 15) is 37.1 Å². The Morgan fingerprint density at radius 1 is 0.857 bits per heavy atom. The highest BCUT2D eigenvalue weighted by atomic mass is 32.2. The highest BCUT2D eigenvalue weighted by Gasteiger charge is 2.44. The Labute approximate surface area is 203 Å². The van der Waals surface area contributed by atoms with Crippen molar-refractivity contribution in [2.45, 2.75) is 10.4 Å². The SMILES string of the molecule is O=P(O)(O)C(Nc1nc(-c2ccc(NS(=O)(=O)c3ccccc3)cc2)nc2sccc12)P(=O)(O)O. The van der Waals surface area contributed by atoms with Gasteiger partial charge in [-0.05, 0) is 47.8 Å². The average molecular weight is 556 g/mol. The lowest BCUT2D eigenvalue weighted by molar-refractivity contribution is 0.343. The van der Waals surface area contributed by atoms with Gasteiger partial charge in [0.05, 0.1) is 10.3 Å². The summed E-state index contributed by atoms with van der Waals surface area (Å²) in [6, 6.07) is 15.4. The van der Waals surface area contributed by atoms with Crippen LogP contribution in [0.5, 0.6) is 0 Å². The lowest BCUT2D eigenvalue weighted by Gasteiger charge is -2.21. The molecule has 4 aromatic rings. The van der Waals surface area contributed by atoms with Crippen LogP contribution in [-0.4, -0.2) is 43.5 Å². The maximum absolute atomic E-state index is 12.5. The summed E-state index contributed by atoms with van der Waals surface area (Å²) in [5, 5.41) is 4.15. The largest absolute Gasteiger partial charge is 0.360 e. The molecule has 35 heavy (non-hydrogen) atoms. The van der Waals surface area contributed by atoms with E-state index in [1.54, 1.807) is 29.6 Å². The van der Waals surface area contributed by atoms with E-state index in [0.29, 0.717) is 15.8 Å². The smallest absolute Gasteiger partial charge is 0.346 e. The third-order valence-corrected chi connectivity index (χ3v) is 10.2. The maximum Gasteiger partial charge on any atom is 0.360 e. The average Bonchev–Trinajstić information content (AvgIpc) is 3.25. The number of thiophene rings is 1. The topological polar surface area (TPSA) is 199 Å². The van der Waals surface area contributed by atoms with Crippen LogP contribution in [-0.2, 0) is 19.2 Å². The molecule has 0 fully saturated rings. The van der Waals surface area contributed by atoms with Crippen molar-refractivity contribution < 1.29 is 37.1 Å². The van der Waals surface area contributed by atoms with Gasteiger partial charge < -0.3 is 24.9 Å². The summed E-state index contributed by atoms with van der Waals surface area (Å²) in [5.74, 6) is -0.0770. The first-order valence-corrected chi connectivity index (χ1v) is 15.4. The summed E-state index contributed by atoms with van der Waals surface area (Å²) in [6.07, 6.45) is 0. The van der Waals surface area contributed by atoms with E-state index >= 15 is 0 Å². The summed E-state index contributed by atoms with van der Waals surface area (Å²) < 4.78 is 50.9. The van der Waals surface area contributed by atoms with E-state index in [4.69, 9.17) is 0 Å². The number of hydrogen-bond donors (Lipinski definition) is 6. The Morgan fingerprint density at radius 3 is 2.09 bits per heavy atom. The molecule has 0 amide bonds. The first kappa shape index (κ1) is 25.4. The van der Waals surface area contributed by atoms with Crippen LogP contribution in [0, 0.1) is 0 Å². The van der Waals surface area contributed by atoms with Crippen LogP contribution >= 0.6 is 26.5 Å². The van der Waals surface area contributed by atoms with Crippen molar-refractivity contribution in [3.05, 3.63) is 66.0 Å². The lowest BCUT2D eigenvalue weighted by atomic mass is 10.2. The van der Waals surface area contributed by atoms with Crippen LogP contribution in [0.15, 0.2) is 70.9 Å². The van der Waals surface area contributed by atoms with Crippen LogP contribution in [0.3, 0.4) is 0 Å². The highest BCUT2D eigenvalue weighted by Crippen LogP contribution is 2.59. The standard InChI is InChI=1S/C19H18N4O8P2S2/c24-32(25,26)19(33(27,28)29)22-17-15-10-11-34-18(15)21-16(20-17)12-6-8-13(9-7-12)23-35(30,31)14-4-2-1-3-5-14/h1-11,19,23H,(H,20,21,22)(H2,24,25,26)(H2,27,28,29). The van der Waals surface area contributed by atoms with Crippen molar-refractivity contribution in [2.24, 2.45) is 0 Å². The molecule has 0 unspecified atom stereocenters. The maximum atomic E-state index is 12.5. The molecule has 4 rings (SSSR count). The van der Waals surface area contributed by atoms with E-state index in [1.165, 1.54) is 47.7 Å². The number of fused-ring (bicyclic) bond motifs is 1. The number of sulfonamides is 1. The summed E-state index contributed by atoms with van der Waals surface area (Å²) in [7, 11) is -14.3. The third-order valence-electron chi connectivity index (χ3n) is 4.68. The van der Waals surface area contributed by atoms with Crippen molar-refractivity contribution in [2.75, 3.05) is 10.0 Å². The van der Waals surface area contributed by atoms with Crippen molar-refractivity contribution in [3.8, 4) is 11.4 Å². The number of nitrogens with zero attached hydrogens (tertiary/aromatic N) is 2. The van der Waals surface area contributed by atoms with Crippen LogP contribution in [0.4, 0.5) is 11.5 Å². The molecule has 16 heteroatoms. The molecule has 2 aromatic carbocycles. The van der Waals surface area contributed by atoms with Crippen molar-refractivity contribution in [1.82, 2.24) is 9.97 Å². The fraction of sp³-hybridized carbons (Fsp3) is 0.0526. The molecule has 0 aliphatic rings. The predicted molar refractivity (Wildman–Crippen MR) is 132 cm³/mol.